The average Bonchev–Trinajstić information content (AvgIpc) is 2.85. The molecule has 0 amide bonds. The van der Waals surface area contributed by atoms with Crippen LogP contribution in [0, 0.1) is 0 Å². The van der Waals surface area contributed by atoms with Gasteiger partial charge in [-0.15, -0.1) is 12.4 Å². The summed E-state index contributed by atoms with van der Waals surface area (Å²) in [6.07, 6.45) is 5.27. The Hall–Kier alpha value is -1.72. The monoisotopic (exact) mass is 325 g/mol. The second kappa shape index (κ2) is 9.33. The van der Waals surface area contributed by atoms with Crippen LogP contribution in [0.2, 0.25) is 0 Å². The van der Waals surface area contributed by atoms with Crippen molar-refractivity contribution in [2.75, 3.05) is 13.2 Å². The van der Waals surface area contributed by atoms with Gasteiger partial charge in [-0.05, 0) is 62.4 Å². The summed E-state index contributed by atoms with van der Waals surface area (Å²) in [5, 5.41) is 11.4. The highest BCUT2D eigenvalue weighted by Gasteiger charge is 2.04. The average molecular weight is 326 g/mol. The fourth-order valence-corrected chi connectivity index (χ4v) is 2.35. The van der Waals surface area contributed by atoms with E-state index < -0.39 is 5.97 Å². The van der Waals surface area contributed by atoms with Crippen molar-refractivity contribution in [3.63, 3.8) is 0 Å². The maximum atomic E-state index is 10.3. The minimum absolute atomic E-state index is 0. The number of H-pyrrole nitrogens is 1. The molecule has 0 bridgehead atoms. The van der Waals surface area contributed by atoms with E-state index in [1.807, 2.05) is 24.4 Å². The first-order valence-corrected chi connectivity index (χ1v) is 7.33. The van der Waals surface area contributed by atoms with E-state index in [0.717, 1.165) is 35.9 Å². The number of aromatic nitrogens is 1. The minimum atomic E-state index is -0.985. The number of benzene rings is 1. The number of nitrogens with one attached hydrogen (secondary N) is 1. The molecule has 1 aromatic carbocycles. The normalized spacial score (nSPS) is 10.4. The molecule has 3 N–H and O–H groups in total. The van der Waals surface area contributed by atoms with E-state index in [-0.39, 0.29) is 18.8 Å². The van der Waals surface area contributed by atoms with Gasteiger partial charge in [0.1, 0.15) is 5.75 Å². The Labute approximate surface area is 136 Å². The molecule has 122 valence electrons. The summed E-state index contributed by atoms with van der Waals surface area (Å²) in [7, 11) is 0. The molecule has 1 aromatic heterocycles. The molecular formula is C16H22ClN2O3-. The highest BCUT2D eigenvalue weighted by atomic mass is 35.5. The smallest absolute Gasteiger partial charge is 0.120 e. The molecule has 6 heteroatoms. The molecule has 2 rings (SSSR count). The number of hydrogen-bond donors (Lipinski definition) is 2. The predicted octanol–water partition coefficient (Wildman–Crippen LogP) is 1.78. The SMILES string of the molecule is Cl.NCCc1c[nH]c2ccc(OCCCCCC(=O)[O-])cc12. The number of rotatable bonds is 9. The first-order chi connectivity index (χ1) is 10.2. The first-order valence-electron chi connectivity index (χ1n) is 7.33. The standard InChI is InChI=1S/C16H22N2O3.ClH/c17-8-7-12-11-18-15-6-5-13(10-14(12)15)21-9-3-1-2-4-16(19)20;/h5-6,10-11,18H,1-4,7-9,17H2,(H,19,20);1H/p-1. The second-order valence-electron chi connectivity index (χ2n) is 5.09. The van der Waals surface area contributed by atoms with Crippen LogP contribution in [0.5, 0.6) is 5.75 Å². The number of aliphatic carboxylic acids is 1. The molecule has 2 aromatic rings. The van der Waals surface area contributed by atoms with Crippen molar-refractivity contribution in [2.24, 2.45) is 5.73 Å². The molecular weight excluding hydrogens is 304 g/mol. The quantitative estimate of drug-likeness (QED) is 0.687. The van der Waals surface area contributed by atoms with Gasteiger partial charge in [0.2, 0.25) is 0 Å². The van der Waals surface area contributed by atoms with Crippen LogP contribution >= 0.6 is 12.4 Å². The van der Waals surface area contributed by atoms with Crippen molar-refractivity contribution in [1.29, 1.82) is 0 Å². The molecule has 0 radical (unpaired) electrons. The van der Waals surface area contributed by atoms with Crippen molar-refractivity contribution in [1.82, 2.24) is 4.98 Å². The van der Waals surface area contributed by atoms with Gasteiger partial charge in [-0.1, -0.05) is 0 Å². The Morgan fingerprint density at radius 2 is 2.09 bits per heavy atom. The zero-order valence-corrected chi connectivity index (χ0v) is 13.3. The first kappa shape index (κ1) is 18.3. The van der Waals surface area contributed by atoms with Gasteiger partial charge in [-0.25, -0.2) is 0 Å². The van der Waals surface area contributed by atoms with Gasteiger partial charge in [-0.3, -0.25) is 0 Å². The van der Waals surface area contributed by atoms with Crippen LogP contribution in [-0.2, 0) is 11.2 Å². The van der Waals surface area contributed by atoms with Crippen molar-refractivity contribution in [3.8, 4) is 5.75 Å². The van der Waals surface area contributed by atoms with Gasteiger partial charge in [-0.2, -0.15) is 0 Å². The molecule has 0 saturated heterocycles. The summed E-state index contributed by atoms with van der Waals surface area (Å²) >= 11 is 0. The zero-order chi connectivity index (χ0) is 15.1. The summed E-state index contributed by atoms with van der Waals surface area (Å²) in [4.78, 5) is 13.5. The van der Waals surface area contributed by atoms with E-state index in [2.05, 4.69) is 4.98 Å². The number of nitrogens with two attached hydrogens (primary N) is 1. The lowest BCUT2D eigenvalue weighted by atomic mass is 10.1. The summed E-state index contributed by atoms with van der Waals surface area (Å²) in [6, 6.07) is 5.96. The summed E-state index contributed by atoms with van der Waals surface area (Å²) in [5.74, 6) is -0.151. The van der Waals surface area contributed by atoms with Crippen LogP contribution < -0.4 is 15.6 Å². The number of carboxylic acid groups (broad SMARTS) is 1. The lowest BCUT2D eigenvalue weighted by molar-refractivity contribution is -0.305. The van der Waals surface area contributed by atoms with Crippen molar-refractivity contribution < 1.29 is 14.6 Å². The van der Waals surface area contributed by atoms with Gasteiger partial charge in [0.25, 0.3) is 0 Å². The number of carboxylic acids is 1. The molecule has 0 saturated carbocycles. The highest BCUT2D eigenvalue weighted by molar-refractivity contribution is 5.85. The fourth-order valence-electron chi connectivity index (χ4n) is 2.35. The van der Waals surface area contributed by atoms with Crippen LogP contribution in [0.1, 0.15) is 31.2 Å². The van der Waals surface area contributed by atoms with Crippen molar-refractivity contribution in [2.45, 2.75) is 32.1 Å². The number of aromatic amines is 1. The number of halogens is 1. The summed E-state index contributed by atoms with van der Waals surface area (Å²) in [5.41, 5.74) is 7.89. The van der Waals surface area contributed by atoms with Gasteiger partial charge in [0, 0.05) is 23.1 Å². The van der Waals surface area contributed by atoms with Crippen LogP contribution in [0.4, 0.5) is 0 Å². The van der Waals surface area contributed by atoms with E-state index >= 15 is 0 Å². The molecule has 5 nitrogen and oxygen atoms in total. The zero-order valence-electron chi connectivity index (χ0n) is 12.5. The van der Waals surface area contributed by atoms with E-state index in [1.165, 1.54) is 5.56 Å². The predicted molar refractivity (Wildman–Crippen MR) is 87.3 cm³/mol. The summed E-state index contributed by atoms with van der Waals surface area (Å²) in [6.45, 7) is 1.21. The molecule has 0 aliphatic rings. The lowest BCUT2D eigenvalue weighted by Gasteiger charge is -2.07. The number of carbonyl (C=O) groups is 1. The Balaban J connectivity index is 0.00000242. The van der Waals surface area contributed by atoms with Crippen LogP contribution in [0.15, 0.2) is 24.4 Å². The fraction of sp³-hybridized carbons (Fsp3) is 0.438. The topological polar surface area (TPSA) is 91.2 Å². The number of fused-ring (bicyclic) bond motifs is 1. The maximum Gasteiger partial charge on any atom is 0.120 e. The van der Waals surface area contributed by atoms with Crippen molar-refractivity contribution in [3.05, 3.63) is 30.0 Å². The number of hydrogen-bond acceptors (Lipinski definition) is 4. The molecule has 1 heterocycles. The van der Waals surface area contributed by atoms with Gasteiger partial charge < -0.3 is 25.4 Å². The third-order valence-corrected chi connectivity index (χ3v) is 3.45. The molecule has 0 aliphatic carbocycles. The Kier molecular flexibility index (Phi) is 7.77. The third kappa shape index (κ3) is 5.24. The van der Waals surface area contributed by atoms with Gasteiger partial charge >= 0.3 is 0 Å². The van der Waals surface area contributed by atoms with Gasteiger partial charge in [0.05, 0.1) is 6.61 Å². The molecule has 0 fully saturated rings. The Morgan fingerprint density at radius 3 is 2.82 bits per heavy atom. The van der Waals surface area contributed by atoms with Gasteiger partial charge in [0.15, 0.2) is 0 Å². The van der Waals surface area contributed by atoms with Crippen LogP contribution in [-0.4, -0.2) is 24.1 Å². The lowest BCUT2D eigenvalue weighted by Crippen LogP contribution is -2.21. The molecule has 0 spiro atoms. The van der Waals surface area contributed by atoms with Crippen LogP contribution in [0.3, 0.4) is 0 Å². The maximum absolute atomic E-state index is 10.3. The third-order valence-electron chi connectivity index (χ3n) is 3.45. The van der Waals surface area contributed by atoms with E-state index in [0.29, 0.717) is 19.6 Å². The Morgan fingerprint density at radius 1 is 1.27 bits per heavy atom. The van der Waals surface area contributed by atoms with E-state index in [9.17, 15) is 9.90 Å². The van der Waals surface area contributed by atoms with Crippen LogP contribution in [0.25, 0.3) is 10.9 Å². The number of carbonyl (C=O) groups excluding carboxylic acids is 1. The summed E-state index contributed by atoms with van der Waals surface area (Å²) < 4.78 is 5.72. The second-order valence-corrected chi connectivity index (χ2v) is 5.09. The Bertz CT molecular complexity index is 598. The number of ether oxygens (including phenoxy) is 1. The highest BCUT2D eigenvalue weighted by Crippen LogP contribution is 2.24. The minimum Gasteiger partial charge on any atom is -0.550 e. The largest absolute Gasteiger partial charge is 0.550 e. The molecule has 0 aliphatic heterocycles. The molecule has 0 unspecified atom stereocenters. The number of unbranched alkanes of at least 4 members (excludes halogenated alkanes) is 2. The molecule has 0 atom stereocenters. The molecule has 22 heavy (non-hydrogen) atoms. The van der Waals surface area contributed by atoms with Crippen molar-refractivity contribution >= 4 is 29.3 Å². The van der Waals surface area contributed by atoms with E-state index in [1.54, 1.807) is 0 Å². The van der Waals surface area contributed by atoms with E-state index in [4.69, 9.17) is 10.5 Å².